The van der Waals surface area contributed by atoms with Gasteiger partial charge in [-0.2, -0.15) is 10.2 Å². The van der Waals surface area contributed by atoms with Crippen LogP contribution in [0, 0.1) is 13.8 Å². The van der Waals surface area contributed by atoms with E-state index in [-0.39, 0.29) is 0 Å². The minimum Gasteiger partial charge on any atom is -0.383 e. The molecule has 2 aromatic rings. The maximum absolute atomic E-state index is 11.3. The maximum Gasteiger partial charge on any atom is 0.153 e. The summed E-state index contributed by atoms with van der Waals surface area (Å²) < 4.78 is 8.83. The van der Waals surface area contributed by atoms with E-state index in [4.69, 9.17) is 4.74 Å². The minimum absolute atomic E-state index is 0.603. The second-order valence-electron chi connectivity index (χ2n) is 5.08. The van der Waals surface area contributed by atoms with Crippen LogP contribution >= 0.6 is 0 Å². The normalized spacial score (nSPS) is 11.0. The van der Waals surface area contributed by atoms with E-state index in [1.54, 1.807) is 13.3 Å². The molecule has 6 heteroatoms. The zero-order chi connectivity index (χ0) is 15.4. The van der Waals surface area contributed by atoms with Crippen LogP contribution in [0.25, 0.3) is 11.3 Å². The molecule has 0 aliphatic heterocycles. The summed E-state index contributed by atoms with van der Waals surface area (Å²) >= 11 is 0. The van der Waals surface area contributed by atoms with Crippen molar-refractivity contribution >= 4 is 6.29 Å². The van der Waals surface area contributed by atoms with Crippen molar-refractivity contribution in [2.24, 2.45) is 0 Å². The summed E-state index contributed by atoms with van der Waals surface area (Å²) in [7, 11) is 1.67. The van der Waals surface area contributed by atoms with E-state index in [1.165, 1.54) is 0 Å². The number of hydrogen-bond donors (Lipinski definition) is 0. The molecule has 0 spiro atoms. The van der Waals surface area contributed by atoms with Crippen molar-refractivity contribution in [2.75, 3.05) is 13.7 Å². The third-order valence-electron chi connectivity index (χ3n) is 3.50. The summed E-state index contributed by atoms with van der Waals surface area (Å²) in [5.41, 5.74) is 4.17. The van der Waals surface area contributed by atoms with Crippen LogP contribution in [0.2, 0.25) is 0 Å². The number of aryl methyl sites for hydroxylation is 2. The van der Waals surface area contributed by atoms with Gasteiger partial charge in [0.15, 0.2) is 6.29 Å². The minimum atomic E-state index is 0.603. The van der Waals surface area contributed by atoms with Gasteiger partial charge in [-0.25, -0.2) is 0 Å². The number of aldehydes is 1. The molecule has 6 nitrogen and oxygen atoms in total. The largest absolute Gasteiger partial charge is 0.383 e. The van der Waals surface area contributed by atoms with Gasteiger partial charge < -0.3 is 4.74 Å². The van der Waals surface area contributed by atoms with E-state index in [0.29, 0.717) is 18.7 Å². The third kappa shape index (κ3) is 3.05. The molecule has 0 bridgehead atoms. The summed E-state index contributed by atoms with van der Waals surface area (Å²) in [4.78, 5) is 11.3. The molecule has 2 aromatic heterocycles. The van der Waals surface area contributed by atoms with E-state index >= 15 is 0 Å². The van der Waals surface area contributed by atoms with Crippen LogP contribution in [0.5, 0.6) is 0 Å². The Labute approximate surface area is 124 Å². The first-order valence-corrected chi connectivity index (χ1v) is 7.18. The number of methoxy groups -OCH3 is 1. The van der Waals surface area contributed by atoms with E-state index in [0.717, 1.165) is 41.9 Å². The maximum atomic E-state index is 11.3. The smallest absolute Gasteiger partial charge is 0.153 e. The average Bonchev–Trinajstić information content (AvgIpc) is 2.98. The first kappa shape index (κ1) is 15.4. The molecule has 2 heterocycles. The lowest BCUT2D eigenvalue weighted by Crippen LogP contribution is -2.07. The van der Waals surface area contributed by atoms with E-state index < -0.39 is 0 Å². The first-order valence-electron chi connectivity index (χ1n) is 7.18. The monoisotopic (exact) mass is 290 g/mol. The molecule has 0 saturated carbocycles. The van der Waals surface area contributed by atoms with E-state index in [2.05, 4.69) is 17.1 Å². The van der Waals surface area contributed by atoms with Crippen molar-refractivity contribution in [3.63, 3.8) is 0 Å². The zero-order valence-electron chi connectivity index (χ0n) is 13.1. The Bertz CT molecular complexity index is 628. The van der Waals surface area contributed by atoms with Gasteiger partial charge in [-0.15, -0.1) is 0 Å². The Hall–Kier alpha value is -1.95. The van der Waals surface area contributed by atoms with E-state index in [9.17, 15) is 4.79 Å². The van der Waals surface area contributed by atoms with Crippen molar-refractivity contribution in [1.29, 1.82) is 0 Å². The van der Waals surface area contributed by atoms with Gasteiger partial charge in [0, 0.05) is 31.1 Å². The molecule has 0 aromatic carbocycles. The highest BCUT2D eigenvalue weighted by molar-refractivity contribution is 5.86. The van der Waals surface area contributed by atoms with Crippen molar-refractivity contribution in [1.82, 2.24) is 19.6 Å². The Morgan fingerprint density at radius 2 is 2.05 bits per heavy atom. The molecule has 0 saturated heterocycles. The second-order valence-corrected chi connectivity index (χ2v) is 5.08. The summed E-state index contributed by atoms with van der Waals surface area (Å²) in [5.74, 6) is 0. The number of aromatic nitrogens is 4. The molecule has 21 heavy (non-hydrogen) atoms. The Kier molecular flexibility index (Phi) is 4.90. The van der Waals surface area contributed by atoms with Crippen LogP contribution in [0.1, 0.15) is 35.1 Å². The average molecular weight is 290 g/mol. The van der Waals surface area contributed by atoms with Crippen molar-refractivity contribution in [2.45, 2.75) is 40.3 Å². The fraction of sp³-hybridized carbons (Fsp3) is 0.533. The molecule has 0 radical (unpaired) electrons. The predicted octanol–water partition coefficient (Wildman–Crippen LogP) is 2.23. The first-order chi connectivity index (χ1) is 10.1. The number of rotatable bonds is 7. The van der Waals surface area contributed by atoms with Gasteiger partial charge in [0.05, 0.1) is 24.4 Å². The lowest BCUT2D eigenvalue weighted by molar-refractivity contribution is 0.112. The molecule has 0 fully saturated rings. The number of hydrogen-bond acceptors (Lipinski definition) is 4. The number of ether oxygens (including phenoxy) is 1. The van der Waals surface area contributed by atoms with Gasteiger partial charge in [-0.3, -0.25) is 14.2 Å². The second kappa shape index (κ2) is 6.67. The molecule has 2 rings (SSSR count). The zero-order valence-corrected chi connectivity index (χ0v) is 13.1. The lowest BCUT2D eigenvalue weighted by atomic mass is 10.1. The summed E-state index contributed by atoms with van der Waals surface area (Å²) in [6.45, 7) is 8.12. The quantitative estimate of drug-likeness (QED) is 0.734. The number of nitrogens with zero attached hydrogens (tertiary/aromatic N) is 4. The molecular weight excluding hydrogens is 268 g/mol. The summed E-state index contributed by atoms with van der Waals surface area (Å²) in [6, 6.07) is 0. The molecular formula is C15H22N4O2. The van der Waals surface area contributed by atoms with Crippen LogP contribution in [-0.2, 0) is 17.8 Å². The van der Waals surface area contributed by atoms with Gasteiger partial charge in [-0.05, 0) is 20.3 Å². The van der Waals surface area contributed by atoms with Gasteiger partial charge in [-0.1, -0.05) is 6.92 Å². The van der Waals surface area contributed by atoms with Gasteiger partial charge in [0.25, 0.3) is 0 Å². The standard InChI is InChI=1S/C15H22N4O2/c1-5-6-18-9-13(10-20)15(17-18)14-11(2)16-19(12(14)3)7-8-21-4/h9-10H,5-8H2,1-4H3. The topological polar surface area (TPSA) is 61.9 Å². The Balaban J connectivity index is 2.46. The van der Waals surface area contributed by atoms with E-state index in [1.807, 2.05) is 23.2 Å². The lowest BCUT2D eigenvalue weighted by Gasteiger charge is -2.04. The number of carbonyl (C=O) groups is 1. The fourth-order valence-corrected chi connectivity index (χ4v) is 2.50. The van der Waals surface area contributed by atoms with Crippen LogP contribution in [0.3, 0.4) is 0 Å². The van der Waals surface area contributed by atoms with Crippen LogP contribution in [0.15, 0.2) is 6.20 Å². The molecule has 114 valence electrons. The molecule has 0 aliphatic carbocycles. The fourth-order valence-electron chi connectivity index (χ4n) is 2.50. The highest BCUT2D eigenvalue weighted by Gasteiger charge is 2.19. The predicted molar refractivity (Wildman–Crippen MR) is 80.5 cm³/mol. The molecule has 0 aliphatic rings. The molecule has 0 N–H and O–H groups in total. The van der Waals surface area contributed by atoms with Gasteiger partial charge in [0.1, 0.15) is 5.69 Å². The van der Waals surface area contributed by atoms with Gasteiger partial charge in [0.2, 0.25) is 0 Å². The Morgan fingerprint density at radius 3 is 2.67 bits per heavy atom. The number of carbonyl (C=O) groups excluding carboxylic acids is 1. The van der Waals surface area contributed by atoms with Crippen LogP contribution in [-0.4, -0.2) is 39.6 Å². The van der Waals surface area contributed by atoms with Crippen molar-refractivity contribution in [3.8, 4) is 11.3 Å². The third-order valence-corrected chi connectivity index (χ3v) is 3.50. The van der Waals surface area contributed by atoms with Crippen molar-refractivity contribution in [3.05, 3.63) is 23.1 Å². The van der Waals surface area contributed by atoms with Crippen molar-refractivity contribution < 1.29 is 9.53 Å². The van der Waals surface area contributed by atoms with Crippen LogP contribution < -0.4 is 0 Å². The Morgan fingerprint density at radius 1 is 1.29 bits per heavy atom. The highest BCUT2D eigenvalue weighted by Crippen LogP contribution is 2.28. The SMILES string of the molecule is CCCn1cc(C=O)c(-c2c(C)nn(CCOC)c2C)n1. The summed E-state index contributed by atoms with van der Waals surface area (Å²) in [6.07, 6.45) is 3.64. The summed E-state index contributed by atoms with van der Waals surface area (Å²) in [5, 5.41) is 9.08. The molecule has 0 amide bonds. The molecule has 0 atom stereocenters. The van der Waals surface area contributed by atoms with Gasteiger partial charge >= 0.3 is 0 Å². The molecule has 0 unspecified atom stereocenters. The van der Waals surface area contributed by atoms with Crippen LogP contribution in [0.4, 0.5) is 0 Å². The highest BCUT2D eigenvalue weighted by atomic mass is 16.5.